The molecule has 0 aliphatic carbocycles. The van der Waals surface area contributed by atoms with Gasteiger partial charge in [-0.25, -0.2) is 4.79 Å². The highest BCUT2D eigenvalue weighted by Crippen LogP contribution is 2.23. The lowest BCUT2D eigenvalue weighted by atomic mass is 10.1. The maximum absolute atomic E-state index is 12.0. The quantitative estimate of drug-likeness (QED) is 0.776. The van der Waals surface area contributed by atoms with Gasteiger partial charge in [0.25, 0.3) is 0 Å². The Morgan fingerprint density at radius 1 is 1.43 bits per heavy atom. The second-order valence-electron chi connectivity index (χ2n) is 5.43. The number of morpholine rings is 1. The number of rotatable bonds is 5. The topological polar surface area (TPSA) is 95.4 Å². The molecule has 8 nitrogen and oxygen atoms in total. The zero-order valence-corrected chi connectivity index (χ0v) is 13.0. The summed E-state index contributed by atoms with van der Waals surface area (Å²) in [6.07, 6.45) is 3.17. The number of anilines is 1. The molecule has 2 aromatic rings. The summed E-state index contributed by atoms with van der Waals surface area (Å²) >= 11 is 0. The second-order valence-corrected chi connectivity index (χ2v) is 5.43. The molecule has 0 aromatic carbocycles. The lowest BCUT2D eigenvalue weighted by Crippen LogP contribution is -2.44. The van der Waals surface area contributed by atoms with E-state index in [-0.39, 0.29) is 12.1 Å². The first-order chi connectivity index (χ1) is 11.2. The maximum Gasteiger partial charge on any atom is 0.319 e. The van der Waals surface area contributed by atoms with Crippen molar-refractivity contribution in [2.45, 2.75) is 13.0 Å². The van der Waals surface area contributed by atoms with Gasteiger partial charge in [-0.3, -0.25) is 10.00 Å². The normalized spacial score (nSPS) is 16.9. The number of hydrogen-bond donors (Lipinski definition) is 3. The van der Waals surface area contributed by atoms with Gasteiger partial charge in [-0.2, -0.15) is 5.10 Å². The van der Waals surface area contributed by atoms with Crippen LogP contribution < -0.4 is 10.6 Å². The minimum atomic E-state index is -0.270. The number of ether oxygens (including phenoxy) is 1. The Hall–Kier alpha value is -2.32. The SMILES string of the molecule is Cc1ccc(C(CNC(=O)Nc2cn[nH]c2)N2CCOCC2)o1. The van der Waals surface area contributed by atoms with Gasteiger partial charge in [0.2, 0.25) is 0 Å². The predicted octanol–water partition coefficient (Wildman–Crippen LogP) is 1.51. The van der Waals surface area contributed by atoms with Crippen molar-refractivity contribution in [1.82, 2.24) is 20.4 Å². The van der Waals surface area contributed by atoms with Gasteiger partial charge in [0, 0.05) is 25.8 Å². The van der Waals surface area contributed by atoms with Crippen LogP contribution in [0.15, 0.2) is 28.9 Å². The number of urea groups is 1. The molecular formula is C15H21N5O3. The predicted molar refractivity (Wildman–Crippen MR) is 84.2 cm³/mol. The first-order valence-electron chi connectivity index (χ1n) is 7.64. The third-order valence-electron chi connectivity index (χ3n) is 3.79. The molecule has 3 rings (SSSR count). The summed E-state index contributed by atoms with van der Waals surface area (Å²) in [5, 5.41) is 12.1. The van der Waals surface area contributed by atoms with Crippen LogP contribution in [0.3, 0.4) is 0 Å². The van der Waals surface area contributed by atoms with E-state index >= 15 is 0 Å². The molecule has 23 heavy (non-hydrogen) atoms. The van der Waals surface area contributed by atoms with Crippen LogP contribution in [-0.2, 0) is 4.74 Å². The molecule has 1 aliphatic heterocycles. The largest absolute Gasteiger partial charge is 0.465 e. The number of aryl methyl sites for hydroxylation is 1. The summed E-state index contributed by atoms with van der Waals surface area (Å²) in [6, 6.07) is 3.62. The third-order valence-corrected chi connectivity index (χ3v) is 3.79. The van der Waals surface area contributed by atoms with Crippen LogP contribution in [0.2, 0.25) is 0 Å². The molecule has 3 N–H and O–H groups in total. The van der Waals surface area contributed by atoms with Gasteiger partial charge in [-0.05, 0) is 19.1 Å². The summed E-state index contributed by atoms with van der Waals surface area (Å²) in [4.78, 5) is 14.3. The Balaban J connectivity index is 1.62. The first kappa shape index (κ1) is 15.6. The lowest BCUT2D eigenvalue weighted by Gasteiger charge is -2.33. The number of aromatic amines is 1. The number of nitrogens with one attached hydrogen (secondary N) is 3. The molecule has 0 spiro atoms. The van der Waals surface area contributed by atoms with E-state index < -0.39 is 0 Å². The van der Waals surface area contributed by atoms with Gasteiger partial charge in [-0.15, -0.1) is 0 Å². The van der Waals surface area contributed by atoms with Crippen LogP contribution in [0.25, 0.3) is 0 Å². The van der Waals surface area contributed by atoms with Gasteiger partial charge in [0.1, 0.15) is 11.5 Å². The fourth-order valence-corrected chi connectivity index (χ4v) is 2.62. The third kappa shape index (κ3) is 4.11. The molecule has 2 aromatic heterocycles. The number of nitrogens with zero attached hydrogens (tertiary/aromatic N) is 2. The summed E-state index contributed by atoms with van der Waals surface area (Å²) in [7, 11) is 0. The Morgan fingerprint density at radius 2 is 2.26 bits per heavy atom. The molecule has 1 unspecified atom stereocenters. The number of amides is 2. The highest BCUT2D eigenvalue weighted by atomic mass is 16.5. The number of H-pyrrole nitrogens is 1. The molecular weight excluding hydrogens is 298 g/mol. The molecule has 0 bridgehead atoms. The van der Waals surface area contributed by atoms with E-state index in [1.54, 1.807) is 12.4 Å². The molecule has 1 aliphatic rings. The average Bonchev–Trinajstić information content (AvgIpc) is 3.21. The van der Waals surface area contributed by atoms with E-state index in [1.165, 1.54) is 0 Å². The van der Waals surface area contributed by atoms with Crippen LogP contribution in [0.5, 0.6) is 0 Å². The van der Waals surface area contributed by atoms with Crippen LogP contribution in [-0.4, -0.2) is 54.0 Å². The van der Waals surface area contributed by atoms with Gasteiger partial charge < -0.3 is 19.8 Å². The summed E-state index contributed by atoms with van der Waals surface area (Å²) in [5.74, 6) is 1.72. The van der Waals surface area contributed by atoms with E-state index in [9.17, 15) is 4.79 Å². The van der Waals surface area contributed by atoms with E-state index in [1.807, 2.05) is 19.1 Å². The highest BCUT2D eigenvalue weighted by Gasteiger charge is 2.25. The summed E-state index contributed by atoms with van der Waals surface area (Å²) in [6.45, 7) is 5.38. The van der Waals surface area contributed by atoms with Crippen molar-refractivity contribution in [3.05, 3.63) is 36.0 Å². The van der Waals surface area contributed by atoms with Crippen LogP contribution >= 0.6 is 0 Å². The number of aromatic nitrogens is 2. The van der Waals surface area contributed by atoms with Gasteiger partial charge in [-0.1, -0.05) is 0 Å². The maximum atomic E-state index is 12.0. The van der Waals surface area contributed by atoms with Gasteiger partial charge in [0.05, 0.1) is 31.1 Å². The van der Waals surface area contributed by atoms with E-state index in [2.05, 4.69) is 25.7 Å². The van der Waals surface area contributed by atoms with Gasteiger partial charge in [0.15, 0.2) is 0 Å². The molecule has 1 atom stereocenters. The van der Waals surface area contributed by atoms with Crippen molar-refractivity contribution in [1.29, 1.82) is 0 Å². The van der Waals surface area contributed by atoms with Crippen LogP contribution in [0.1, 0.15) is 17.6 Å². The van der Waals surface area contributed by atoms with Crippen molar-refractivity contribution < 1.29 is 13.9 Å². The molecule has 0 radical (unpaired) electrons. The number of carbonyl (C=O) groups is 1. The molecule has 8 heteroatoms. The summed E-state index contributed by atoms with van der Waals surface area (Å²) in [5.41, 5.74) is 0.624. The minimum absolute atomic E-state index is 0.0114. The number of carbonyl (C=O) groups excluding carboxylic acids is 1. The van der Waals surface area contributed by atoms with Crippen molar-refractivity contribution in [2.24, 2.45) is 0 Å². The Bertz CT molecular complexity index is 619. The molecule has 1 saturated heterocycles. The van der Waals surface area contributed by atoms with E-state index in [4.69, 9.17) is 9.15 Å². The molecule has 0 saturated carbocycles. The molecule has 3 heterocycles. The van der Waals surface area contributed by atoms with Crippen LogP contribution in [0.4, 0.5) is 10.5 Å². The average molecular weight is 319 g/mol. The smallest absolute Gasteiger partial charge is 0.319 e. The number of furan rings is 1. The Labute approximate surface area is 134 Å². The summed E-state index contributed by atoms with van der Waals surface area (Å²) < 4.78 is 11.2. The monoisotopic (exact) mass is 319 g/mol. The molecule has 2 amide bonds. The van der Waals surface area contributed by atoms with Gasteiger partial charge >= 0.3 is 6.03 Å². The highest BCUT2D eigenvalue weighted by molar-refractivity contribution is 5.88. The Kier molecular flexibility index (Phi) is 4.94. The van der Waals surface area contributed by atoms with E-state index in [0.29, 0.717) is 25.4 Å². The second kappa shape index (κ2) is 7.30. The molecule has 124 valence electrons. The molecule has 1 fully saturated rings. The minimum Gasteiger partial charge on any atom is -0.465 e. The fraction of sp³-hybridized carbons (Fsp3) is 0.467. The van der Waals surface area contributed by atoms with Crippen molar-refractivity contribution in [3.8, 4) is 0 Å². The zero-order chi connectivity index (χ0) is 16.1. The van der Waals surface area contributed by atoms with Crippen molar-refractivity contribution in [2.75, 3.05) is 38.2 Å². The van der Waals surface area contributed by atoms with Crippen LogP contribution in [0, 0.1) is 6.92 Å². The van der Waals surface area contributed by atoms with E-state index in [0.717, 1.165) is 24.6 Å². The lowest BCUT2D eigenvalue weighted by molar-refractivity contribution is 0.0122. The van der Waals surface area contributed by atoms with Crippen molar-refractivity contribution in [3.63, 3.8) is 0 Å². The Morgan fingerprint density at radius 3 is 2.91 bits per heavy atom. The first-order valence-corrected chi connectivity index (χ1v) is 7.64. The number of hydrogen-bond acceptors (Lipinski definition) is 5. The zero-order valence-electron chi connectivity index (χ0n) is 13.0. The fourth-order valence-electron chi connectivity index (χ4n) is 2.62. The standard InChI is InChI=1S/C15H21N5O3/c1-11-2-3-14(23-11)13(20-4-6-22-7-5-20)10-16-15(21)19-12-8-17-18-9-12/h2-3,8-9,13H,4-7,10H2,1H3,(H,17,18)(H2,16,19,21). The van der Waals surface area contributed by atoms with Crippen molar-refractivity contribution >= 4 is 11.7 Å².